The predicted octanol–water partition coefficient (Wildman–Crippen LogP) is 3.57. The molecule has 1 N–H and O–H groups in total. The van der Waals surface area contributed by atoms with Gasteiger partial charge in [-0.1, -0.05) is 44.0 Å². The van der Waals surface area contributed by atoms with E-state index in [4.69, 9.17) is 0 Å². The van der Waals surface area contributed by atoms with E-state index in [-0.39, 0.29) is 0 Å². The zero-order chi connectivity index (χ0) is 12.4. The molecule has 0 saturated heterocycles. The second-order valence-corrected chi connectivity index (χ2v) is 6.12. The summed E-state index contributed by atoms with van der Waals surface area (Å²) in [7, 11) is 0. The van der Waals surface area contributed by atoms with Crippen LogP contribution in [0.4, 0.5) is 0 Å². The van der Waals surface area contributed by atoms with Gasteiger partial charge in [-0.05, 0) is 55.2 Å². The molecule has 0 radical (unpaired) electrons. The molecule has 1 heteroatoms. The van der Waals surface area contributed by atoms with Crippen molar-refractivity contribution < 1.29 is 0 Å². The zero-order valence-electron chi connectivity index (χ0n) is 11.5. The van der Waals surface area contributed by atoms with Gasteiger partial charge in [-0.3, -0.25) is 0 Å². The van der Waals surface area contributed by atoms with E-state index in [1.165, 1.54) is 38.5 Å². The van der Waals surface area contributed by atoms with Crippen molar-refractivity contribution >= 4 is 0 Å². The molecular formula is C17H25N. The van der Waals surface area contributed by atoms with Gasteiger partial charge in [0.2, 0.25) is 0 Å². The van der Waals surface area contributed by atoms with E-state index in [0.717, 1.165) is 24.4 Å². The lowest BCUT2D eigenvalue weighted by Gasteiger charge is -2.24. The monoisotopic (exact) mass is 243 g/mol. The normalized spacial score (nSPS) is 20.9. The highest BCUT2D eigenvalue weighted by molar-refractivity contribution is 5.32. The maximum Gasteiger partial charge on any atom is 0.0102 e. The van der Waals surface area contributed by atoms with E-state index in [0.29, 0.717) is 0 Å². The number of hydrogen-bond donors (Lipinski definition) is 1. The van der Waals surface area contributed by atoms with Gasteiger partial charge >= 0.3 is 0 Å². The van der Waals surface area contributed by atoms with Crippen LogP contribution in [-0.2, 0) is 12.8 Å². The molecule has 0 spiro atoms. The van der Waals surface area contributed by atoms with Gasteiger partial charge in [-0.15, -0.1) is 0 Å². The van der Waals surface area contributed by atoms with Gasteiger partial charge in [0.15, 0.2) is 0 Å². The van der Waals surface area contributed by atoms with Crippen LogP contribution in [0.25, 0.3) is 0 Å². The number of fused-ring (bicyclic) bond motifs is 1. The second kappa shape index (κ2) is 5.44. The number of nitrogens with one attached hydrogen (secondary N) is 1. The molecule has 0 aromatic heterocycles. The zero-order valence-corrected chi connectivity index (χ0v) is 11.5. The number of hydrogen-bond acceptors (Lipinski definition) is 1. The van der Waals surface area contributed by atoms with Crippen LogP contribution in [0.1, 0.15) is 43.7 Å². The van der Waals surface area contributed by atoms with E-state index in [1.807, 2.05) is 0 Å². The van der Waals surface area contributed by atoms with Crippen LogP contribution in [-0.4, -0.2) is 12.6 Å². The summed E-state index contributed by atoms with van der Waals surface area (Å²) in [6.45, 7) is 3.36. The van der Waals surface area contributed by atoms with Crippen LogP contribution in [0, 0.1) is 11.8 Å². The first-order valence-electron chi connectivity index (χ1n) is 7.67. The minimum Gasteiger partial charge on any atom is -0.314 e. The highest BCUT2D eigenvalue weighted by atomic mass is 14.9. The first kappa shape index (κ1) is 12.2. The van der Waals surface area contributed by atoms with E-state index in [1.54, 1.807) is 11.1 Å². The van der Waals surface area contributed by atoms with Crippen molar-refractivity contribution in [3.8, 4) is 0 Å². The van der Waals surface area contributed by atoms with Crippen molar-refractivity contribution in [2.24, 2.45) is 11.8 Å². The molecule has 0 bridgehead atoms. The Kier molecular flexibility index (Phi) is 3.69. The molecule has 1 aromatic rings. The van der Waals surface area contributed by atoms with Crippen LogP contribution < -0.4 is 5.32 Å². The molecular weight excluding hydrogens is 218 g/mol. The van der Waals surface area contributed by atoms with E-state index in [9.17, 15) is 0 Å². The SMILES string of the molecule is CCNC(CCC1CC1)C1Cc2ccccc2C1. The lowest BCUT2D eigenvalue weighted by atomic mass is 9.92. The molecule has 98 valence electrons. The summed E-state index contributed by atoms with van der Waals surface area (Å²) < 4.78 is 0. The fourth-order valence-corrected chi connectivity index (χ4v) is 3.47. The molecule has 1 unspecified atom stereocenters. The van der Waals surface area contributed by atoms with Crippen LogP contribution >= 0.6 is 0 Å². The number of benzene rings is 1. The van der Waals surface area contributed by atoms with Gasteiger partial charge < -0.3 is 5.32 Å². The first-order chi connectivity index (χ1) is 8.86. The van der Waals surface area contributed by atoms with E-state index >= 15 is 0 Å². The second-order valence-electron chi connectivity index (χ2n) is 6.12. The Morgan fingerprint density at radius 1 is 1.17 bits per heavy atom. The molecule has 3 rings (SSSR count). The summed E-state index contributed by atoms with van der Waals surface area (Å²) in [5, 5.41) is 3.74. The van der Waals surface area contributed by atoms with Crippen molar-refractivity contribution in [3.05, 3.63) is 35.4 Å². The van der Waals surface area contributed by atoms with Crippen LogP contribution in [0.15, 0.2) is 24.3 Å². The Morgan fingerprint density at radius 3 is 2.39 bits per heavy atom. The Balaban J connectivity index is 1.61. The van der Waals surface area contributed by atoms with Crippen molar-refractivity contribution in [2.75, 3.05) is 6.54 Å². The Labute approximate surface area is 111 Å². The molecule has 2 aliphatic carbocycles. The van der Waals surface area contributed by atoms with Gasteiger partial charge in [0.05, 0.1) is 0 Å². The summed E-state index contributed by atoms with van der Waals surface area (Å²) >= 11 is 0. The van der Waals surface area contributed by atoms with Gasteiger partial charge in [0, 0.05) is 6.04 Å². The lowest BCUT2D eigenvalue weighted by Crippen LogP contribution is -2.36. The standard InChI is InChI=1S/C17H25N/c1-2-18-17(10-9-13-7-8-13)16-11-14-5-3-4-6-15(14)12-16/h3-6,13,16-18H,2,7-12H2,1H3. The first-order valence-corrected chi connectivity index (χ1v) is 7.67. The minimum atomic E-state index is 0.739. The fraction of sp³-hybridized carbons (Fsp3) is 0.647. The van der Waals surface area contributed by atoms with E-state index < -0.39 is 0 Å². The minimum absolute atomic E-state index is 0.739. The molecule has 0 amide bonds. The summed E-state index contributed by atoms with van der Waals surface area (Å²) in [5.41, 5.74) is 3.19. The molecule has 18 heavy (non-hydrogen) atoms. The fourth-order valence-electron chi connectivity index (χ4n) is 3.47. The largest absolute Gasteiger partial charge is 0.314 e. The lowest BCUT2D eigenvalue weighted by molar-refractivity contribution is 0.339. The highest BCUT2D eigenvalue weighted by Crippen LogP contribution is 2.36. The highest BCUT2D eigenvalue weighted by Gasteiger charge is 2.29. The third-order valence-electron chi connectivity index (χ3n) is 4.70. The molecule has 1 saturated carbocycles. The van der Waals surface area contributed by atoms with Crippen LogP contribution in [0.5, 0.6) is 0 Å². The molecule has 0 aliphatic heterocycles. The van der Waals surface area contributed by atoms with Gasteiger partial charge in [0.25, 0.3) is 0 Å². The summed E-state index contributed by atoms with van der Waals surface area (Å²) in [4.78, 5) is 0. The third kappa shape index (κ3) is 2.77. The van der Waals surface area contributed by atoms with Crippen molar-refractivity contribution in [3.63, 3.8) is 0 Å². The van der Waals surface area contributed by atoms with Crippen molar-refractivity contribution in [2.45, 2.75) is 51.5 Å². The third-order valence-corrected chi connectivity index (χ3v) is 4.70. The quantitative estimate of drug-likeness (QED) is 0.805. The molecule has 1 aromatic carbocycles. The van der Waals surface area contributed by atoms with Crippen molar-refractivity contribution in [1.29, 1.82) is 0 Å². The van der Waals surface area contributed by atoms with Crippen molar-refractivity contribution in [1.82, 2.24) is 5.32 Å². The molecule has 1 nitrogen and oxygen atoms in total. The van der Waals surface area contributed by atoms with Crippen LogP contribution in [0.3, 0.4) is 0 Å². The maximum atomic E-state index is 3.74. The Morgan fingerprint density at radius 2 is 1.83 bits per heavy atom. The number of rotatable bonds is 6. The van der Waals surface area contributed by atoms with Crippen LogP contribution in [0.2, 0.25) is 0 Å². The molecule has 1 fully saturated rings. The maximum absolute atomic E-state index is 3.74. The average Bonchev–Trinajstić information content (AvgIpc) is 3.11. The molecule has 2 aliphatic rings. The smallest absolute Gasteiger partial charge is 0.0102 e. The Hall–Kier alpha value is -0.820. The summed E-state index contributed by atoms with van der Waals surface area (Å²) in [6.07, 6.45) is 8.40. The summed E-state index contributed by atoms with van der Waals surface area (Å²) in [5.74, 6) is 1.90. The van der Waals surface area contributed by atoms with Gasteiger partial charge in [-0.2, -0.15) is 0 Å². The topological polar surface area (TPSA) is 12.0 Å². The van der Waals surface area contributed by atoms with E-state index in [2.05, 4.69) is 36.5 Å². The molecule has 0 heterocycles. The predicted molar refractivity (Wildman–Crippen MR) is 76.8 cm³/mol. The van der Waals surface area contributed by atoms with Gasteiger partial charge in [0.1, 0.15) is 0 Å². The molecule has 1 atom stereocenters. The van der Waals surface area contributed by atoms with Gasteiger partial charge in [-0.25, -0.2) is 0 Å². The summed E-state index contributed by atoms with van der Waals surface area (Å²) in [6, 6.07) is 9.75. The Bertz CT molecular complexity index is 369. The average molecular weight is 243 g/mol.